The molecule has 23 heavy (non-hydrogen) atoms. The van der Waals surface area contributed by atoms with E-state index in [2.05, 4.69) is 45.3 Å². The van der Waals surface area contributed by atoms with Crippen LogP contribution in [0.3, 0.4) is 0 Å². The highest BCUT2D eigenvalue weighted by molar-refractivity contribution is 5.30. The topological polar surface area (TPSA) is 68.1 Å². The number of aromatic nitrogens is 4. The van der Waals surface area contributed by atoms with Gasteiger partial charge in [-0.25, -0.2) is 9.97 Å². The second kappa shape index (κ2) is 7.52. The molecular formula is C16H24N6O. The van der Waals surface area contributed by atoms with Gasteiger partial charge in [0.05, 0.1) is 26.0 Å². The highest BCUT2D eigenvalue weighted by atomic mass is 16.5. The van der Waals surface area contributed by atoms with Crippen LogP contribution < -0.4 is 10.2 Å². The SMILES string of the molecule is Cc1cnn(C[C@@H](C)NCc2cnc(N3CCOCC3)nc2)c1. The van der Waals surface area contributed by atoms with E-state index in [0.717, 1.165) is 50.9 Å². The monoisotopic (exact) mass is 316 g/mol. The van der Waals surface area contributed by atoms with Crippen molar-refractivity contribution in [3.8, 4) is 0 Å². The van der Waals surface area contributed by atoms with Crippen molar-refractivity contribution in [1.29, 1.82) is 0 Å². The first-order chi connectivity index (χ1) is 11.2. The third-order valence-corrected chi connectivity index (χ3v) is 3.86. The lowest BCUT2D eigenvalue weighted by atomic mass is 10.3. The standard InChI is InChI=1S/C16H24N6O/c1-13-7-20-22(11-13)12-14(2)17-8-15-9-18-16(19-10-15)21-3-5-23-6-4-21/h7,9-11,14,17H,3-6,8,12H2,1-2H3/t14-/m1/s1. The maximum atomic E-state index is 5.35. The molecule has 0 spiro atoms. The highest BCUT2D eigenvalue weighted by Gasteiger charge is 2.13. The molecule has 1 saturated heterocycles. The van der Waals surface area contributed by atoms with E-state index in [9.17, 15) is 0 Å². The minimum absolute atomic E-state index is 0.327. The third kappa shape index (κ3) is 4.49. The van der Waals surface area contributed by atoms with Gasteiger partial charge in [0.15, 0.2) is 0 Å². The van der Waals surface area contributed by atoms with Gasteiger partial charge in [0.1, 0.15) is 0 Å². The lowest BCUT2D eigenvalue weighted by Crippen LogP contribution is -2.37. The fraction of sp³-hybridized carbons (Fsp3) is 0.562. The molecule has 7 nitrogen and oxygen atoms in total. The van der Waals surface area contributed by atoms with Gasteiger partial charge in [0.25, 0.3) is 0 Å². The van der Waals surface area contributed by atoms with Crippen molar-refractivity contribution in [2.75, 3.05) is 31.2 Å². The van der Waals surface area contributed by atoms with Crippen molar-refractivity contribution in [2.45, 2.75) is 33.0 Å². The van der Waals surface area contributed by atoms with Crippen LogP contribution in [0.15, 0.2) is 24.8 Å². The maximum Gasteiger partial charge on any atom is 0.225 e. The molecule has 124 valence electrons. The second-order valence-corrected chi connectivity index (χ2v) is 6.01. The molecule has 0 amide bonds. The molecule has 0 unspecified atom stereocenters. The number of morpholine rings is 1. The molecule has 1 atom stereocenters. The average Bonchev–Trinajstić information content (AvgIpc) is 2.99. The minimum atomic E-state index is 0.327. The number of nitrogens with one attached hydrogen (secondary N) is 1. The van der Waals surface area contributed by atoms with E-state index < -0.39 is 0 Å². The van der Waals surface area contributed by atoms with E-state index in [1.54, 1.807) is 0 Å². The summed E-state index contributed by atoms with van der Waals surface area (Å²) in [4.78, 5) is 11.1. The molecule has 3 heterocycles. The molecule has 0 radical (unpaired) electrons. The Bertz CT molecular complexity index is 605. The van der Waals surface area contributed by atoms with Crippen molar-refractivity contribution in [1.82, 2.24) is 25.1 Å². The Morgan fingerprint density at radius 2 is 1.96 bits per heavy atom. The first-order valence-electron chi connectivity index (χ1n) is 8.07. The number of rotatable bonds is 6. The van der Waals surface area contributed by atoms with E-state index in [0.29, 0.717) is 6.04 Å². The molecule has 0 saturated carbocycles. The second-order valence-electron chi connectivity index (χ2n) is 6.01. The zero-order valence-electron chi connectivity index (χ0n) is 13.8. The van der Waals surface area contributed by atoms with E-state index in [-0.39, 0.29) is 0 Å². The zero-order valence-corrected chi connectivity index (χ0v) is 13.8. The molecule has 1 fully saturated rings. The number of hydrogen-bond acceptors (Lipinski definition) is 6. The Balaban J connectivity index is 1.48. The van der Waals surface area contributed by atoms with Crippen LogP contribution in [-0.2, 0) is 17.8 Å². The lowest BCUT2D eigenvalue weighted by molar-refractivity contribution is 0.122. The van der Waals surface area contributed by atoms with Crippen molar-refractivity contribution < 1.29 is 4.74 Å². The lowest BCUT2D eigenvalue weighted by Gasteiger charge is -2.26. The molecule has 0 aliphatic carbocycles. The number of aryl methyl sites for hydroxylation is 1. The van der Waals surface area contributed by atoms with Crippen molar-refractivity contribution in [3.05, 3.63) is 35.9 Å². The van der Waals surface area contributed by atoms with Gasteiger partial charge in [0, 0.05) is 49.8 Å². The van der Waals surface area contributed by atoms with Crippen LogP contribution in [0.25, 0.3) is 0 Å². The van der Waals surface area contributed by atoms with E-state index >= 15 is 0 Å². The molecule has 1 aliphatic rings. The normalized spacial score (nSPS) is 16.5. The molecule has 2 aromatic heterocycles. The predicted molar refractivity (Wildman–Crippen MR) is 88.3 cm³/mol. The van der Waals surface area contributed by atoms with Gasteiger partial charge in [-0.05, 0) is 19.4 Å². The Hall–Kier alpha value is -1.99. The van der Waals surface area contributed by atoms with Crippen LogP contribution in [0.2, 0.25) is 0 Å². The van der Waals surface area contributed by atoms with Crippen LogP contribution in [0.1, 0.15) is 18.1 Å². The summed E-state index contributed by atoms with van der Waals surface area (Å²) in [6.07, 6.45) is 7.73. The predicted octanol–water partition coefficient (Wildman–Crippen LogP) is 0.996. The maximum absolute atomic E-state index is 5.35. The number of nitrogens with zero attached hydrogens (tertiary/aromatic N) is 5. The fourth-order valence-electron chi connectivity index (χ4n) is 2.57. The molecule has 1 N–H and O–H groups in total. The van der Waals surface area contributed by atoms with E-state index in [1.165, 1.54) is 5.56 Å². The molecule has 0 aromatic carbocycles. The highest BCUT2D eigenvalue weighted by Crippen LogP contribution is 2.09. The fourth-order valence-corrected chi connectivity index (χ4v) is 2.57. The molecule has 0 bridgehead atoms. The van der Waals surface area contributed by atoms with Gasteiger partial charge in [-0.3, -0.25) is 4.68 Å². The molecule has 7 heteroatoms. The number of ether oxygens (including phenoxy) is 1. The van der Waals surface area contributed by atoms with Crippen molar-refractivity contribution in [2.24, 2.45) is 0 Å². The number of anilines is 1. The zero-order chi connectivity index (χ0) is 16.1. The summed E-state index contributed by atoms with van der Waals surface area (Å²) in [5.74, 6) is 0.789. The summed E-state index contributed by atoms with van der Waals surface area (Å²) in [6, 6.07) is 0.327. The third-order valence-electron chi connectivity index (χ3n) is 3.86. The summed E-state index contributed by atoms with van der Waals surface area (Å²) >= 11 is 0. The van der Waals surface area contributed by atoms with Gasteiger partial charge in [-0.2, -0.15) is 5.10 Å². The van der Waals surface area contributed by atoms with Crippen LogP contribution in [-0.4, -0.2) is 52.1 Å². The average molecular weight is 316 g/mol. The van der Waals surface area contributed by atoms with E-state index in [4.69, 9.17) is 4.74 Å². The molecule has 1 aliphatic heterocycles. The largest absolute Gasteiger partial charge is 0.378 e. The van der Waals surface area contributed by atoms with Gasteiger partial charge < -0.3 is 15.0 Å². The van der Waals surface area contributed by atoms with Crippen LogP contribution in [0.4, 0.5) is 5.95 Å². The van der Waals surface area contributed by atoms with E-state index in [1.807, 2.05) is 23.3 Å². The summed E-state index contributed by atoms with van der Waals surface area (Å²) in [7, 11) is 0. The summed E-state index contributed by atoms with van der Waals surface area (Å²) in [5, 5.41) is 7.79. The quantitative estimate of drug-likeness (QED) is 0.857. The molecular weight excluding hydrogens is 292 g/mol. The Kier molecular flexibility index (Phi) is 5.19. The van der Waals surface area contributed by atoms with Crippen LogP contribution >= 0.6 is 0 Å². The Morgan fingerprint density at radius 3 is 2.61 bits per heavy atom. The Labute approximate surface area is 136 Å². The Morgan fingerprint density at radius 1 is 1.22 bits per heavy atom. The van der Waals surface area contributed by atoms with Crippen LogP contribution in [0.5, 0.6) is 0 Å². The first kappa shape index (κ1) is 15.9. The first-order valence-corrected chi connectivity index (χ1v) is 8.07. The van der Waals surface area contributed by atoms with Gasteiger partial charge >= 0.3 is 0 Å². The van der Waals surface area contributed by atoms with Crippen molar-refractivity contribution >= 4 is 5.95 Å². The minimum Gasteiger partial charge on any atom is -0.378 e. The summed E-state index contributed by atoms with van der Waals surface area (Å²) in [6.45, 7) is 9.02. The molecule has 3 rings (SSSR count). The summed E-state index contributed by atoms with van der Waals surface area (Å²) in [5.41, 5.74) is 2.27. The van der Waals surface area contributed by atoms with Gasteiger partial charge in [0.2, 0.25) is 5.95 Å². The van der Waals surface area contributed by atoms with Gasteiger partial charge in [-0.1, -0.05) is 0 Å². The van der Waals surface area contributed by atoms with Crippen molar-refractivity contribution in [3.63, 3.8) is 0 Å². The van der Waals surface area contributed by atoms with Crippen LogP contribution in [0, 0.1) is 6.92 Å². The smallest absolute Gasteiger partial charge is 0.225 e. The summed E-state index contributed by atoms with van der Waals surface area (Å²) < 4.78 is 7.31. The number of hydrogen-bond donors (Lipinski definition) is 1. The molecule has 2 aromatic rings. The van der Waals surface area contributed by atoms with Gasteiger partial charge in [-0.15, -0.1) is 0 Å².